The number of rotatable bonds is 4. The molecule has 0 amide bonds. The fraction of sp³-hybridized carbons (Fsp3) is 0.500. The Morgan fingerprint density at radius 3 is 3.31 bits per heavy atom. The van der Waals surface area contributed by atoms with Gasteiger partial charge in [-0.05, 0) is 37.9 Å². The number of nitrogens with zero attached hydrogens (tertiary/aromatic N) is 2. The van der Waals surface area contributed by atoms with Gasteiger partial charge in [0.15, 0.2) is 0 Å². The zero-order valence-corrected chi connectivity index (χ0v) is 9.24. The third-order valence-electron chi connectivity index (χ3n) is 2.86. The van der Waals surface area contributed by atoms with E-state index in [1.54, 1.807) is 12.3 Å². The van der Waals surface area contributed by atoms with Crippen LogP contribution in [0.2, 0.25) is 0 Å². The van der Waals surface area contributed by atoms with Crippen molar-refractivity contribution in [3.63, 3.8) is 0 Å². The molecule has 0 radical (unpaired) electrons. The van der Waals surface area contributed by atoms with Gasteiger partial charge in [-0.1, -0.05) is 0 Å². The van der Waals surface area contributed by atoms with E-state index in [1.807, 2.05) is 12.1 Å². The van der Waals surface area contributed by atoms with Crippen LogP contribution in [0.25, 0.3) is 0 Å². The minimum Gasteiger partial charge on any atom is -0.385 e. The Labute approximate surface area is 95.7 Å². The summed E-state index contributed by atoms with van der Waals surface area (Å²) < 4.78 is 0. The normalized spacial score (nSPS) is 19.3. The lowest BCUT2D eigenvalue weighted by Crippen LogP contribution is -2.24. The zero-order chi connectivity index (χ0) is 11.2. The lowest BCUT2D eigenvalue weighted by molar-refractivity contribution is 0.574. The van der Waals surface area contributed by atoms with Gasteiger partial charge in [0.1, 0.15) is 11.8 Å². The molecule has 2 rings (SSSR count). The van der Waals surface area contributed by atoms with Gasteiger partial charge in [0, 0.05) is 24.5 Å². The smallest absolute Gasteiger partial charge is 0.142 e. The van der Waals surface area contributed by atoms with Crippen LogP contribution >= 0.6 is 0 Å². The van der Waals surface area contributed by atoms with E-state index in [1.165, 1.54) is 12.8 Å². The summed E-state index contributed by atoms with van der Waals surface area (Å²) in [5.74, 6) is 0. The number of pyridine rings is 1. The maximum absolute atomic E-state index is 8.71. The third kappa shape index (κ3) is 2.94. The van der Waals surface area contributed by atoms with Crippen molar-refractivity contribution in [3.05, 3.63) is 24.0 Å². The molecule has 84 valence electrons. The Morgan fingerprint density at radius 2 is 2.56 bits per heavy atom. The van der Waals surface area contributed by atoms with Crippen molar-refractivity contribution in [1.82, 2.24) is 10.3 Å². The molecule has 1 aliphatic rings. The average molecular weight is 216 g/mol. The van der Waals surface area contributed by atoms with E-state index >= 15 is 0 Å². The monoisotopic (exact) mass is 216 g/mol. The molecule has 1 saturated heterocycles. The largest absolute Gasteiger partial charge is 0.385 e. The van der Waals surface area contributed by atoms with Gasteiger partial charge in [-0.2, -0.15) is 5.26 Å². The van der Waals surface area contributed by atoms with E-state index in [0.717, 1.165) is 25.2 Å². The summed E-state index contributed by atoms with van der Waals surface area (Å²) in [7, 11) is 0. The number of anilines is 1. The molecule has 1 atom stereocenters. The van der Waals surface area contributed by atoms with Crippen LogP contribution in [0.1, 0.15) is 25.0 Å². The van der Waals surface area contributed by atoms with Gasteiger partial charge < -0.3 is 10.6 Å². The van der Waals surface area contributed by atoms with E-state index in [-0.39, 0.29) is 0 Å². The Hall–Kier alpha value is -1.60. The standard InChI is InChI=1S/C12H16N4/c13-9-12-8-11(4-7-16-12)15-6-3-10-2-1-5-14-10/h4,7-8,10,14H,1-3,5-6H2,(H,15,16)/t10-/m0/s1. The SMILES string of the molecule is N#Cc1cc(NCC[C@@H]2CCCN2)ccn1. The molecule has 4 nitrogen and oxygen atoms in total. The predicted molar refractivity (Wildman–Crippen MR) is 63.1 cm³/mol. The summed E-state index contributed by atoms with van der Waals surface area (Å²) in [6, 6.07) is 6.36. The van der Waals surface area contributed by atoms with Gasteiger partial charge >= 0.3 is 0 Å². The number of hydrogen-bond acceptors (Lipinski definition) is 4. The lowest BCUT2D eigenvalue weighted by atomic mass is 10.1. The highest BCUT2D eigenvalue weighted by Crippen LogP contribution is 2.11. The third-order valence-corrected chi connectivity index (χ3v) is 2.86. The van der Waals surface area contributed by atoms with Crippen LogP contribution in [0.4, 0.5) is 5.69 Å². The Bertz CT molecular complexity index is 377. The molecule has 0 aliphatic carbocycles. The van der Waals surface area contributed by atoms with Gasteiger partial charge in [-0.25, -0.2) is 4.98 Å². The fourth-order valence-electron chi connectivity index (χ4n) is 2.00. The summed E-state index contributed by atoms with van der Waals surface area (Å²) in [4.78, 5) is 3.93. The van der Waals surface area contributed by atoms with Gasteiger partial charge in [0.05, 0.1) is 0 Å². The molecule has 0 saturated carbocycles. The molecule has 1 aromatic rings. The van der Waals surface area contributed by atoms with Crippen LogP contribution in [0.5, 0.6) is 0 Å². The van der Waals surface area contributed by atoms with Crippen LogP contribution in [-0.2, 0) is 0 Å². The summed E-state index contributed by atoms with van der Waals surface area (Å²) in [6.07, 6.45) is 5.36. The first-order chi connectivity index (χ1) is 7.88. The quantitative estimate of drug-likeness (QED) is 0.801. The molecule has 4 heteroatoms. The molecule has 0 unspecified atom stereocenters. The summed E-state index contributed by atoms with van der Waals surface area (Å²) >= 11 is 0. The van der Waals surface area contributed by atoms with Crippen molar-refractivity contribution in [2.75, 3.05) is 18.4 Å². The molecule has 0 bridgehead atoms. The first-order valence-corrected chi connectivity index (χ1v) is 5.72. The second-order valence-corrected chi connectivity index (χ2v) is 4.05. The average Bonchev–Trinajstić information content (AvgIpc) is 2.82. The highest BCUT2D eigenvalue weighted by atomic mass is 15.0. The van der Waals surface area contributed by atoms with Crippen molar-refractivity contribution in [2.24, 2.45) is 0 Å². The molecule has 2 heterocycles. The van der Waals surface area contributed by atoms with Crippen molar-refractivity contribution < 1.29 is 0 Å². The molecule has 0 aromatic carbocycles. The minimum absolute atomic E-state index is 0.462. The molecule has 16 heavy (non-hydrogen) atoms. The summed E-state index contributed by atoms with van der Waals surface area (Å²) in [5.41, 5.74) is 1.44. The highest BCUT2D eigenvalue weighted by molar-refractivity contribution is 5.45. The molecule has 1 aliphatic heterocycles. The van der Waals surface area contributed by atoms with Gasteiger partial charge in [0.2, 0.25) is 0 Å². The second kappa shape index (κ2) is 5.47. The van der Waals surface area contributed by atoms with E-state index in [4.69, 9.17) is 5.26 Å². The van der Waals surface area contributed by atoms with E-state index in [0.29, 0.717) is 11.7 Å². The van der Waals surface area contributed by atoms with E-state index < -0.39 is 0 Å². The second-order valence-electron chi connectivity index (χ2n) is 4.05. The topological polar surface area (TPSA) is 60.7 Å². The fourth-order valence-corrected chi connectivity index (χ4v) is 2.00. The van der Waals surface area contributed by atoms with Crippen LogP contribution in [0.3, 0.4) is 0 Å². The summed E-state index contributed by atoms with van der Waals surface area (Å²) in [6.45, 7) is 2.09. The number of nitriles is 1. The molecular weight excluding hydrogens is 200 g/mol. The minimum atomic E-state index is 0.462. The predicted octanol–water partition coefficient (Wildman–Crippen LogP) is 1.51. The Balaban J connectivity index is 1.78. The molecule has 1 fully saturated rings. The number of hydrogen-bond donors (Lipinski definition) is 2. The maximum Gasteiger partial charge on any atom is 0.142 e. The van der Waals surface area contributed by atoms with E-state index in [2.05, 4.69) is 15.6 Å². The van der Waals surface area contributed by atoms with Crippen molar-refractivity contribution >= 4 is 5.69 Å². The Kier molecular flexibility index (Phi) is 3.73. The van der Waals surface area contributed by atoms with Crippen LogP contribution in [0, 0.1) is 11.3 Å². The molecular formula is C12H16N4. The number of nitrogens with one attached hydrogen (secondary N) is 2. The number of aromatic nitrogens is 1. The summed E-state index contributed by atoms with van der Waals surface area (Å²) in [5, 5.41) is 15.5. The van der Waals surface area contributed by atoms with Crippen molar-refractivity contribution in [3.8, 4) is 6.07 Å². The van der Waals surface area contributed by atoms with Crippen molar-refractivity contribution in [2.45, 2.75) is 25.3 Å². The van der Waals surface area contributed by atoms with Crippen LogP contribution in [0.15, 0.2) is 18.3 Å². The first kappa shape index (κ1) is 10.9. The highest BCUT2D eigenvalue weighted by Gasteiger charge is 2.12. The van der Waals surface area contributed by atoms with Gasteiger partial charge in [-0.15, -0.1) is 0 Å². The van der Waals surface area contributed by atoms with Crippen LogP contribution in [-0.4, -0.2) is 24.1 Å². The molecule has 0 spiro atoms. The molecule has 1 aromatic heterocycles. The zero-order valence-electron chi connectivity index (χ0n) is 9.24. The Morgan fingerprint density at radius 1 is 1.62 bits per heavy atom. The van der Waals surface area contributed by atoms with Gasteiger partial charge in [0.25, 0.3) is 0 Å². The lowest BCUT2D eigenvalue weighted by Gasteiger charge is -2.11. The first-order valence-electron chi connectivity index (χ1n) is 5.72. The van der Waals surface area contributed by atoms with Crippen molar-refractivity contribution in [1.29, 1.82) is 5.26 Å². The van der Waals surface area contributed by atoms with E-state index in [9.17, 15) is 0 Å². The maximum atomic E-state index is 8.71. The molecule has 2 N–H and O–H groups in total. The van der Waals surface area contributed by atoms with Gasteiger partial charge in [-0.3, -0.25) is 0 Å². The van der Waals surface area contributed by atoms with Crippen LogP contribution < -0.4 is 10.6 Å².